The van der Waals surface area contributed by atoms with E-state index in [0.717, 1.165) is 12.8 Å². The molecular formula is C16H26O5. The Morgan fingerprint density at radius 3 is 2.14 bits per heavy atom. The quantitative estimate of drug-likeness (QED) is 0.274. The predicted molar refractivity (Wildman–Crippen MR) is 79.5 cm³/mol. The van der Waals surface area contributed by atoms with Gasteiger partial charge in [-0.25, -0.2) is 0 Å². The smallest absolute Gasteiger partial charge is 0.320 e. The van der Waals surface area contributed by atoms with Gasteiger partial charge < -0.3 is 14.6 Å². The maximum Gasteiger partial charge on any atom is 0.320 e. The van der Waals surface area contributed by atoms with Crippen LogP contribution in [0.4, 0.5) is 0 Å². The van der Waals surface area contributed by atoms with Crippen molar-refractivity contribution in [3.05, 3.63) is 18.4 Å². The molecule has 0 amide bonds. The van der Waals surface area contributed by atoms with E-state index < -0.39 is 17.9 Å². The Kier molecular flexibility index (Phi) is 11.3. The molecule has 21 heavy (non-hydrogen) atoms. The van der Waals surface area contributed by atoms with E-state index in [-0.39, 0.29) is 25.7 Å². The molecule has 0 radical (unpaired) electrons. The number of hydrogen-bond donors (Lipinski definition) is 1. The van der Waals surface area contributed by atoms with Crippen molar-refractivity contribution >= 4 is 11.9 Å². The molecule has 0 spiro atoms. The summed E-state index contributed by atoms with van der Waals surface area (Å²) in [5.74, 6) is -2.48. The van der Waals surface area contributed by atoms with Gasteiger partial charge in [0.1, 0.15) is 0 Å². The number of hydrogen-bond acceptors (Lipinski definition) is 5. The van der Waals surface area contributed by atoms with Crippen molar-refractivity contribution in [1.29, 1.82) is 0 Å². The first-order valence-electron chi connectivity index (χ1n) is 7.42. The van der Waals surface area contributed by atoms with Gasteiger partial charge in [0.2, 0.25) is 0 Å². The average molecular weight is 298 g/mol. The van der Waals surface area contributed by atoms with Gasteiger partial charge >= 0.3 is 11.9 Å². The van der Waals surface area contributed by atoms with Gasteiger partial charge in [0, 0.05) is 12.5 Å². The maximum absolute atomic E-state index is 12.0. The molecule has 0 aromatic heterocycles. The van der Waals surface area contributed by atoms with Crippen LogP contribution in [0.3, 0.4) is 0 Å². The van der Waals surface area contributed by atoms with Crippen molar-refractivity contribution in [2.75, 3.05) is 19.8 Å². The largest absolute Gasteiger partial charge is 0.465 e. The van der Waals surface area contributed by atoms with E-state index in [0.29, 0.717) is 12.8 Å². The van der Waals surface area contributed by atoms with Crippen molar-refractivity contribution in [2.24, 2.45) is 11.8 Å². The lowest BCUT2D eigenvalue weighted by atomic mass is 9.87. The molecule has 0 saturated heterocycles. The summed E-state index contributed by atoms with van der Waals surface area (Å²) in [7, 11) is 0. The molecule has 0 aliphatic carbocycles. The Labute approximate surface area is 126 Å². The van der Waals surface area contributed by atoms with Gasteiger partial charge in [0.15, 0.2) is 5.92 Å². The molecule has 0 aliphatic rings. The number of ether oxygens (including phenoxy) is 2. The highest BCUT2D eigenvalue weighted by Gasteiger charge is 2.35. The maximum atomic E-state index is 12.0. The van der Waals surface area contributed by atoms with Crippen LogP contribution in [0.5, 0.6) is 0 Å². The number of unbranched alkanes of at least 4 members (excludes halogenated alkanes) is 2. The van der Waals surface area contributed by atoms with E-state index in [2.05, 4.69) is 12.3 Å². The third-order valence-electron chi connectivity index (χ3n) is 3.04. The molecule has 0 aromatic carbocycles. The lowest BCUT2D eigenvalue weighted by molar-refractivity contribution is -0.163. The molecule has 0 fully saturated rings. The Balaban J connectivity index is 4.95. The Morgan fingerprint density at radius 2 is 1.71 bits per heavy atom. The van der Waals surface area contributed by atoms with Crippen LogP contribution in [-0.2, 0) is 19.1 Å². The molecule has 5 heteroatoms. The highest BCUT2D eigenvalue weighted by Crippen LogP contribution is 2.23. The van der Waals surface area contributed by atoms with Crippen LogP contribution in [0, 0.1) is 11.8 Å². The predicted octanol–water partition coefficient (Wildman–Crippen LogP) is 2.24. The van der Waals surface area contributed by atoms with Gasteiger partial charge in [-0.2, -0.15) is 0 Å². The van der Waals surface area contributed by atoms with Gasteiger partial charge in [-0.05, 0) is 32.8 Å². The fourth-order valence-corrected chi connectivity index (χ4v) is 2.08. The van der Waals surface area contributed by atoms with Gasteiger partial charge in [0.25, 0.3) is 0 Å². The molecular weight excluding hydrogens is 272 g/mol. The van der Waals surface area contributed by atoms with E-state index in [9.17, 15) is 9.59 Å². The second-order valence-electron chi connectivity index (χ2n) is 4.59. The summed E-state index contributed by atoms with van der Waals surface area (Å²) in [6.45, 7) is 7.47. The SMILES string of the molecule is C=C=C[C@H](CCCCCO)C(C(=O)OCC)C(=O)OCC. The van der Waals surface area contributed by atoms with Crippen LogP contribution in [0.1, 0.15) is 39.5 Å². The van der Waals surface area contributed by atoms with E-state index in [4.69, 9.17) is 14.6 Å². The number of esters is 2. The summed E-state index contributed by atoms with van der Waals surface area (Å²) in [4.78, 5) is 24.1. The lowest BCUT2D eigenvalue weighted by Crippen LogP contribution is -2.33. The minimum atomic E-state index is -0.978. The van der Waals surface area contributed by atoms with Crippen molar-refractivity contribution in [2.45, 2.75) is 39.5 Å². The van der Waals surface area contributed by atoms with Crippen LogP contribution in [-0.4, -0.2) is 36.9 Å². The first kappa shape index (κ1) is 19.4. The minimum absolute atomic E-state index is 0.140. The van der Waals surface area contributed by atoms with Crippen molar-refractivity contribution < 1.29 is 24.2 Å². The zero-order valence-electron chi connectivity index (χ0n) is 13.0. The monoisotopic (exact) mass is 298 g/mol. The van der Waals surface area contributed by atoms with Gasteiger partial charge in [-0.3, -0.25) is 9.59 Å². The molecule has 0 bridgehead atoms. The van der Waals surface area contributed by atoms with Crippen molar-refractivity contribution in [3.8, 4) is 0 Å². The van der Waals surface area contributed by atoms with Gasteiger partial charge in [-0.15, -0.1) is 5.73 Å². The fraction of sp³-hybridized carbons (Fsp3) is 0.688. The molecule has 0 saturated carbocycles. The molecule has 1 atom stereocenters. The normalized spacial score (nSPS) is 11.6. The standard InChI is InChI=1S/C16H26O5/c1-4-10-13(11-8-7-9-12-17)14(15(18)20-5-2)16(19)21-6-3/h10,13-14,17H,1,5-9,11-12H2,2-3H3/t13-/m1/s1. The van der Waals surface area contributed by atoms with Gasteiger partial charge in [-0.1, -0.05) is 19.4 Å². The van der Waals surface area contributed by atoms with E-state index in [1.165, 1.54) is 0 Å². The van der Waals surface area contributed by atoms with E-state index in [1.807, 2.05) is 0 Å². The van der Waals surface area contributed by atoms with Crippen LogP contribution in [0.2, 0.25) is 0 Å². The second kappa shape index (κ2) is 12.2. The highest BCUT2D eigenvalue weighted by molar-refractivity contribution is 5.95. The van der Waals surface area contributed by atoms with Crippen LogP contribution in [0.25, 0.3) is 0 Å². The molecule has 5 nitrogen and oxygen atoms in total. The third kappa shape index (κ3) is 7.69. The van der Waals surface area contributed by atoms with Crippen molar-refractivity contribution in [1.82, 2.24) is 0 Å². The molecule has 120 valence electrons. The van der Waals surface area contributed by atoms with Crippen LogP contribution < -0.4 is 0 Å². The number of carbonyl (C=O) groups excluding carboxylic acids is 2. The lowest BCUT2D eigenvalue weighted by Gasteiger charge is -2.21. The summed E-state index contributed by atoms with van der Waals surface area (Å²) in [6, 6.07) is 0. The molecule has 1 N–H and O–H groups in total. The summed E-state index contributed by atoms with van der Waals surface area (Å²) in [5, 5.41) is 8.78. The number of carbonyl (C=O) groups is 2. The van der Waals surface area contributed by atoms with E-state index >= 15 is 0 Å². The Morgan fingerprint density at radius 1 is 1.14 bits per heavy atom. The third-order valence-corrected chi connectivity index (χ3v) is 3.04. The Bertz CT molecular complexity index is 340. The molecule has 0 rings (SSSR count). The summed E-state index contributed by atoms with van der Waals surface area (Å²) in [6.07, 6.45) is 4.56. The number of allylic oxidation sites excluding steroid dienone is 1. The first-order valence-corrected chi connectivity index (χ1v) is 7.42. The minimum Gasteiger partial charge on any atom is -0.465 e. The van der Waals surface area contributed by atoms with Gasteiger partial charge in [0.05, 0.1) is 13.2 Å². The zero-order valence-corrected chi connectivity index (χ0v) is 13.0. The molecule has 0 aromatic rings. The molecule has 0 aliphatic heterocycles. The fourth-order valence-electron chi connectivity index (χ4n) is 2.08. The second-order valence-corrected chi connectivity index (χ2v) is 4.59. The molecule has 0 heterocycles. The number of rotatable bonds is 11. The summed E-state index contributed by atoms with van der Waals surface area (Å²) >= 11 is 0. The number of aliphatic hydroxyl groups is 1. The average Bonchev–Trinajstić information content (AvgIpc) is 2.44. The molecule has 0 unspecified atom stereocenters. The summed E-state index contributed by atoms with van der Waals surface area (Å²) < 4.78 is 9.96. The van der Waals surface area contributed by atoms with Crippen molar-refractivity contribution in [3.63, 3.8) is 0 Å². The summed E-state index contributed by atoms with van der Waals surface area (Å²) in [5.41, 5.74) is 2.64. The highest BCUT2D eigenvalue weighted by atomic mass is 16.6. The Hall–Kier alpha value is -1.58. The van der Waals surface area contributed by atoms with Crippen LogP contribution in [0.15, 0.2) is 18.4 Å². The van der Waals surface area contributed by atoms with Crippen LogP contribution >= 0.6 is 0 Å². The van der Waals surface area contributed by atoms with E-state index in [1.54, 1.807) is 19.9 Å². The topological polar surface area (TPSA) is 72.8 Å². The number of aliphatic hydroxyl groups excluding tert-OH is 1. The zero-order chi connectivity index (χ0) is 16.1. The first-order chi connectivity index (χ1) is 10.1.